The Morgan fingerprint density at radius 1 is 1.10 bits per heavy atom. The molecule has 31 heavy (non-hydrogen) atoms. The van der Waals surface area contributed by atoms with Gasteiger partial charge in [-0.3, -0.25) is 9.59 Å². The fourth-order valence-electron chi connectivity index (χ4n) is 4.04. The number of rotatable bonds is 7. The molecule has 1 N–H and O–H groups in total. The number of benzene rings is 1. The van der Waals surface area contributed by atoms with E-state index in [0.717, 1.165) is 55.0 Å². The minimum absolute atomic E-state index is 0.0182. The summed E-state index contributed by atoms with van der Waals surface area (Å²) in [5.41, 5.74) is 2.61. The maximum atomic E-state index is 12.7. The molecule has 1 saturated carbocycles. The lowest BCUT2D eigenvalue weighted by atomic mass is 9.96. The molecule has 1 saturated heterocycles. The average molecular weight is 423 g/mol. The summed E-state index contributed by atoms with van der Waals surface area (Å²) < 4.78 is 5.62. The lowest BCUT2D eigenvalue weighted by Crippen LogP contribution is -2.42. The first kappa shape index (κ1) is 21.3. The van der Waals surface area contributed by atoms with Crippen LogP contribution >= 0.6 is 0 Å². The highest BCUT2D eigenvalue weighted by molar-refractivity contribution is 5.79. The number of aryl methyl sites for hydroxylation is 2. The Morgan fingerprint density at radius 2 is 1.81 bits per heavy atom. The Morgan fingerprint density at radius 3 is 2.48 bits per heavy atom. The van der Waals surface area contributed by atoms with Crippen molar-refractivity contribution in [3.63, 3.8) is 0 Å². The topological polar surface area (TPSA) is 84.4 Å². The summed E-state index contributed by atoms with van der Waals surface area (Å²) in [6.45, 7) is 5.24. The van der Waals surface area contributed by atoms with Crippen LogP contribution in [0.3, 0.4) is 0 Å². The molecule has 7 heteroatoms. The smallest absolute Gasteiger partial charge is 0.260 e. The molecule has 7 nitrogen and oxygen atoms in total. The van der Waals surface area contributed by atoms with Crippen LogP contribution in [0.25, 0.3) is 0 Å². The molecule has 0 unspecified atom stereocenters. The minimum Gasteiger partial charge on any atom is -0.484 e. The predicted molar refractivity (Wildman–Crippen MR) is 117 cm³/mol. The fourth-order valence-corrected chi connectivity index (χ4v) is 4.04. The summed E-state index contributed by atoms with van der Waals surface area (Å²) in [6.07, 6.45) is 4.33. The molecular formula is C24H30N4O3. The SMILES string of the molecule is Cc1nc([C@H]2CCCN(C(=O)COc3ccccc3)C2)nc(C)c1CC(=O)NC1CC1. The zero-order chi connectivity index (χ0) is 21.8. The van der Waals surface area contributed by atoms with Crippen LogP contribution in [0.4, 0.5) is 0 Å². The van der Waals surface area contributed by atoms with Gasteiger partial charge in [0, 0.05) is 42.0 Å². The summed E-state index contributed by atoms with van der Waals surface area (Å²) in [4.78, 5) is 36.2. The Bertz CT molecular complexity index is 920. The van der Waals surface area contributed by atoms with Crippen molar-refractivity contribution in [3.8, 4) is 5.75 Å². The average Bonchev–Trinajstić information content (AvgIpc) is 3.59. The van der Waals surface area contributed by atoms with Gasteiger partial charge in [0.25, 0.3) is 5.91 Å². The summed E-state index contributed by atoms with van der Waals surface area (Å²) >= 11 is 0. The Hall–Kier alpha value is -2.96. The number of carbonyl (C=O) groups is 2. The van der Waals surface area contributed by atoms with Gasteiger partial charge in [-0.25, -0.2) is 9.97 Å². The zero-order valence-electron chi connectivity index (χ0n) is 18.3. The van der Waals surface area contributed by atoms with Gasteiger partial charge in [-0.2, -0.15) is 0 Å². The molecule has 2 amide bonds. The van der Waals surface area contributed by atoms with Gasteiger partial charge in [0.2, 0.25) is 5.91 Å². The molecule has 2 aromatic rings. The van der Waals surface area contributed by atoms with Gasteiger partial charge in [-0.1, -0.05) is 18.2 Å². The second-order valence-corrected chi connectivity index (χ2v) is 8.53. The van der Waals surface area contributed by atoms with Gasteiger partial charge < -0.3 is 15.0 Å². The van der Waals surface area contributed by atoms with Crippen LogP contribution < -0.4 is 10.1 Å². The number of carbonyl (C=O) groups excluding carboxylic acids is 2. The number of para-hydroxylation sites is 1. The van der Waals surface area contributed by atoms with Crippen molar-refractivity contribution in [3.05, 3.63) is 53.1 Å². The Labute approximate surface area is 183 Å². The van der Waals surface area contributed by atoms with Crippen LogP contribution in [-0.2, 0) is 16.0 Å². The molecule has 0 spiro atoms. The van der Waals surface area contributed by atoms with E-state index in [1.807, 2.05) is 49.1 Å². The third kappa shape index (κ3) is 5.60. The quantitative estimate of drug-likeness (QED) is 0.742. The van der Waals surface area contributed by atoms with Gasteiger partial charge in [0.15, 0.2) is 6.61 Å². The first-order valence-electron chi connectivity index (χ1n) is 11.1. The molecule has 1 atom stereocenters. The van der Waals surface area contributed by atoms with Crippen molar-refractivity contribution < 1.29 is 14.3 Å². The summed E-state index contributed by atoms with van der Waals surface area (Å²) in [6, 6.07) is 9.73. The standard InChI is InChI=1S/C24H30N4O3/c1-16-21(13-22(29)27-19-10-11-19)17(2)26-24(25-16)18-7-6-12-28(14-18)23(30)15-31-20-8-4-3-5-9-20/h3-5,8-9,18-19H,6-7,10-15H2,1-2H3,(H,27,29)/t18-/m0/s1. The maximum absolute atomic E-state index is 12.7. The third-order valence-corrected chi connectivity index (χ3v) is 5.96. The highest BCUT2D eigenvalue weighted by Crippen LogP contribution is 2.26. The van der Waals surface area contributed by atoms with Gasteiger partial charge in [-0.15, -0.1) is 0 Å². The van der Waals surface area contributed by atoms with Gasteiger partial charge in [0.05, 0.1) is 6.42 Å². The monoisotopic (exact) mass is 422 g/mol. The zero-order valence-corrected chi connectivity index (χ0v) is 18.3. The fraction of sp³-hybridized carbons (Fsp3) is 0.500. The van der Waals surface area contributed by atoms with E-state index in [0.29, 0.717) is 24.8 Å². The van der Waals surface area contributed by atoms with E-state index in [2.05, 4.69) is 5.32 Å². The molecule has 164 valence electrons. The number of nitrogens with zero attached hydrogens (tertiary/aromatic N) is 3. The Balaban J connectivity index is 1.38. The van der Waals surface area contributed by atoms with E-state index in [9.17, 15) is 9.59 Å². The van der Waals surface area contributed by atoms with Crippen molar-refractivity contribution in [1.29, 1.82) is 0 Å². The van der Waals surface area contributed by atoms with E-state index < -0.39 is 0 Å². The first-order chi connectivity index (χ1) is 15.0. The van der Waals surface area contributed by atoms with Crippen molar-refractivity contribution >= 4 is 11.8 Å². The first-order valence-corrected chi connectivity index (χ1v) is 11.1. The van der Waals surface area contributed by atoms with Crippen molar-refractivity contribution in [2.45, 2.75) is 57.9 Å². The highest BCUT2D eigenvalue weighted by atomic mass is 16.5. The van der Waals surface area contributed by atoms with E-state index in [1.54, 1.807) is 0 Å². The third-order valence-electron chi connectivity index (χ3n) is 5.96. The van der Waals surface area contributed by atoms with Crippen LogP contribution in [0.15, 0.2) is 30.3 Å². The molecule has 2 aliphatic rings. The molecule has 0 radical (unpaired) electrons. The molecule has 2 fully saturated rings. The second kappa shape index (κ2) is 9.45. The number of nitrogens with one attached hydrogen (secondary N) is 1. The summed E-state index contributed by atoms with van der Waals surface area (Å²) in [5.74, 6) is 1.58. The second-order valence-electron chi connectivity index (χ2n) is 8.53. The number of aromatic nitrogens is 2. The lowest BCUT2D eigenvalue weighted by Gasteiger charge is -2.32. The maximum Gasteiger partial charge on any atom is 0.260 e. The molecule has 1 aromatic heterocycles. The predicted octanol–water partition coefficient (Wildman–Crippen LogP) is 2.70. The molecule has 2 heterocycles. The number of hydrogen-bond donors (Lipinski definition) is 1. The Kier molecular flexibility index (Phi) is 6.49. The molecule has 0 bridgehead atoms. The highest BCUT2D eigenvalue weighted by Gasteiger charge is 2.28. The number of likely N-dealkylation sites (tertiary alicyclic amines) is 1. The van der Waals surface area contributed by atoms with Crippen LogP contribution in [0.1, 0.15) is 54.4 Å². The number of ether oxygens (including phenoxy) is 1. The minimum atomic E-state index is -0.0182. The molecule has 4 rings (SSSR count). The van der Waals surface area contributed by atoms with E-state index in [-0.39, 0.29) is 24.3 Å². The van der Waals surface area contributed by atoms with Crippen LogP contribution in [0.5, 0.6) is 5.75 Å². The number of hydrogen-bond acceptors (Lipinski definition) is 5. The van der Waals surface area contributed by atoms with Crippen LogP contribution in [-0.4, -0.2) is 52.4 Å². The van der Waals surface area contributed by atoms with Crippen molar-refractivity contribution in [1.82, 2.24) is 20.2 Å². The largest absolute Gasteiger partial charge is 0.484 e. The van der Waals surface area contributed by atoms with Crippen LogP contribution in [0.2, 0.25) is 0 Å². The number of amides is 2. The van der Waals surface area contributed by atoms with E-state index in [1.165, 1.54) is 0 Å². The summed E-state index contributed by atoms with van der Waals surface area (Å²) in [5, 5.41) is 3.03. The van der Waals surface area contributed by atoms with Gasteiger partial charge in [-0.05, 0) is 51.7 Å². The lowest BCUT2D eigenvalue weighted by molar-refractivity contribution is -0.134. The molecular weight excluding hydrogens is 392 g/mol. The molecule has 1 aromatic carbocycles. The molecule has 1 aliphatic carbocycles. The van der Waals surface area contributed by atoms with Gasteiger partial charge in [0.1, 0.15) is 11.6 Å². The van der Waals surface area contributed by atoms with Crippen molar-refractivity contribution in [2.24, 2.45) is 0 Å². The van der Waals surface area contributed by atoms with Gasteiger partial charge >= 0.3 is 0 Å². The summed E-state index contributed by atoms with van der Waals surface area (Å²) in [7, 11) is 0. The molecule has 1 aliphatic heterocycles. The normalized spacial score (nSPS) is 18.5. The van der Waals surface area contributed by atoms with E-state index >= 15 is 0 Å². The van der Waals surface area contributed by atoms with Crippen molar-refractivity contribution in [2.75, 3.05) is 19.7 Å². The number of piperidine rings is 1. The van der Waals surface area contributed by atoms with Crippen LogP contribution in [0, 0.1) is 13.8 Å². The van der Waals surface area contributed by atoms with E-state index in [4.69, 9.17) is 14.7 Å².